The second kappa shape index (κ2) is 18.2. The number of nitrogens with zero attached hydrogens (tertiary/aromatic N) is 1. The van der Waals surface area contributed by atoms with Crippen molar-refractivity contribution >= 4 is 5.91 Å². The van der Waals surface area contributed by atoms with Crippen molar-refractivity contribution in [3.05, 3.63) is 35.9 Å². The second-order valence-electron chi connectivity index (χ2n) is 10.00. The van der Waals surface area contributed by atoms with Crippen LogP contribution in [0.2, 0.25) is 0 Å². The highest BCUT2D eigenvalue weighted by Crippen LogP contribution is 2.13. The molecule has 0 atom stereocenters. The molecule has 0 aromatic heterocycles. The van der Waals surface area contributed by atoms with Crippen LogP contribution in [0.4, 0.5) is 0 Å². The van der Waals surface area contributed by atoms with Gasteiger partial charge in [0.25, 0.3) is 0 Å². The minimum Gasteiger partial charge on any atom is -0.356 e. The van der Waals surface area contributed by atoms with Gasteiger partial charge in [0.15, 0.2) is 0 Å². The molecule has 0 saturated heterocycles. The molecule has 1 amide bonds. The van der Waals surface area contributed by atoms with E-state index in [0.29, 0.717) is 6.42 Å². The summed E-state index contributed by atoms with van der Waals surface area (Å²) in [7, 11) is 4.53. The predicted molar refractivity (Wildman–Crippen MR) is 135 cm³/mol. The van der Waals surface area contributed by atoms with Gasteiger partial charge in [0.1, 0.15) is 6.54 Å². The lowest BCUT2D eigenvalue weighted by atomic mass is 10.0. The number of nitrogens with one attached hydrogen (secondary N) is 1. The summed E-state index contributed by atoms with van der Waals surface area (Å²) < 4.78 is 0.957. The van der Waals surface area contributed by atoms with E-state index in [-0.39, 0.29) is 5.91 Å². The Morgan fingerprint density at radius 3 is 1.81 bits per heavy atom. The number of carbonyl (C=O) groups excluding carboxylic acids is 1. The molecule has 0 aliphatic rings. The van der Waals surface area contributed by atoms with Crippen molar-refractivity contribution in [2.45, 2.75) is 110 Å². The minimum atomic E-state index is 0.233. The van der Waals surface area contributed by atoms with E-state index in [0.717, 1.165) is 37.0 Å². The van der Waals surface area contributed by atoms with E-state index in [2.05, 4.69) is 56.7 Å². The van der Waals surface area contributed by atoms with Crippen LogP contribution >= 0.6 is 0 Å². The third-order valence-electron chi connectivity index (χ3n) is 6.22. The van der Waals surface area contributed by atoms with Crippen LogP contribution in [-0.2, 0) is 11.3 Å². The molecule has 0 saturated carbocycles. The van der Waals surface area contributed by atoms with Gasteiger partial charge in [0, 0.05) is 24.9 Å². The van der Waals surface area contributed by atoms with Gasteiger partial charge in [-0.2, -0.15) is 0 Å². The van der Waals surface area contributed by atoms with Crippen LogP contribution < -0.4 is 5.32 Å². The molecule has 1 rings (SSSR count). The first kappa shape index (κ1) is 27.7. The Kier molecular flexibility index (Phi) is 16.3. The fraction of sp³-hybridized carbons (Fsp3) is 0.750. The summed E-state index contributed by atoms with van der Waals surface area (Å²) in [6.07, 6.45) is 19.2. The quantitative estimate of drug-likeness (QED) is 0.171. The molecule has 0 fully saturated rings. The van der Waals surface area contributed by atoms with Gasteiger partial charge in [-0.05, 0) is 6.42 Å². The van der Waals surface area contributed by atoms with Crippen LogP contribution in [-0.4, -0.2) is 37.6 Å². The van der Waals surface area contributed by atoms with E-state index in [1.165, 1.54) is 82.6 Å². The van der Waals surface area contributed by atoms with Crippen molar-refractivity contribution in [2.24, 2.45) is 0 Å². The zero-order valence-electron chi connectivity index (χ0n) is 21.0. The number of unbranched alkanes of at least 4 members (excludes halogenated alkanes) is 12. The number of hydrogen-bond acceptors (Lipinski definition) is 1. The lowest BCUT2D eigenvalue weighted by Crippen LogP contribution is -2.41. The van der Waals surface area contributed by atoms with E-state index in [1.54, 1.807) is 0 Å². The number of carbonyl (C=O) groups is 1. The number of hydrogen-bond donors (Lipinski definition) is 1. The van der Waals surface area contributed by atoms with Crippen LogP contribution in [0.25, 0.3) is 0 Å². The first-order valence-corrected chi connectivity index (χ1v) is 13.2. The second-order valence-corrected chi connectivity index (χ2v) is 10.00. The highest BCUT2D eigenvalue weighted by molar-refractivity contribution is 5.75. The molecular formula is C28H51N2O+. The Morgan fingerprint density at radius 1 is 0.742 bits per heavy atom. The summed E-state index contributed by atoms with van der Waals surface area (Å²) in [6, 6.07) is 10.7. The van der Waals surface area contributed by atoms with E-state index in [1.807, 2.05) is 0 Å². The Labute approximate surface area is 193 Å². The number of benzene rings is 1. The summed E-state index contributed by atoms with van der Waals surface area (Å²) in [5.41, 5.74) is 1.37. The van der Waals surface area contributed by atoms with Crippen molar-refractivity contribution in [1.82, 2.24) is 5.32 Å². The summed E-state index contributed by atoms with van der Waals surface area (Å²) in [4.78, 5) is 12.0. The molecule has 0 unspecified atom stereocenters. The maximum absolute atomic E-state index is 12.0. The predicted octanol–water partition coefficient (Wildman–Crippen LogP) is 7.25. The molecule has 0 radical (unpaired) electrons. The molecule has 31 heavy (non-hydrogen) atoms. The SMILES string of the molecule is CCCCCCCCCCCCCCCC(=O)NCCC[N+](C)(C)Cc1ccccc1. The molecule has 3 heteroatoms. The molecule has 1 aromatic rings. The topological polar surface area (TPSA) is 29.1 Å². The van der Waals surface area contributed by atoms with E-state index in [9.17, 15) is 4.79 Å². The fourth-order valence-corrected chi connectivity index (χ4v) is 4.28. The highest BCUT2D eigenvalue weighted by Gasteiger charge is 2.15. The molecular weight excluding hydrogens is 380 g/mol. The molecule has 1 aromatic carbocycles. The van der Waals surface area contributed by atoms with Crippen LogP contribution in [0, 0.1) is 0 Å². The van der Waals surface area contributed by atoms with E-state index < -0.39 is 0 Å². The number of rotatable bonds is 20. The summed E-state index contributed by atoms with van der Waals surface area (Å²) >= 11 is 0. The summed E-state index contributed by atoms with van der Waals surface area (Å²) in [5, 5.41) is 3.11. The Balaban J connectivity index is 1.88. The normalized spacial score (nSPS) is 11.6. The Hall–Kier alpha value is -1.35. The largest absolute Gasteiger partial charge is 0.356 e. The standard InChI is InChI=1S/C28H50N2O/c1-4-5-6-7-8-9-10-11-12-13-14-15-19-23-28(31)29-24-20-25-30(2,3)26-27-21-17-16-18-22-27/h16-18,21-22H,4-15,19-20,23-26H2,1-3H3/p+1. The van der Waals surface area contributed by atoms with E-state index >= 15 is 0 Å². The van der Waals surface area contributed by atoms with Crippen molar-refractivity contribution in [3.63, 3.8) is 0 Å². The molecule has 1 N–H and O–H groups in total. The van der Waals surface area contributed by atoms with E-state index in [4.69, 9.17) is 0 Å². The average molecular weight is 432 g/mol. The van der Waals surface area contributed by atoms with Gasteiger partial charge >= 0.3 is 0 Å². The molecule has 0 aliphatic heterocycles. The smallest absolute Gasteiger partial charge is 0.219 e. The minimum absolute atomic E-state index is 0.233. The van der Waals surface area contributed by atoms with Gasteiger partial charge in [-0.1, -0.05) is 114 Å². The monoisotopic (exact) mass is 431 g/mol. The van der Waals surface area contributed by atoms with Crippen LogP contribution in [0.5, 0.6) is 0 Å². The van der Waals surface area contributed by atoms with Crippen molar-refractivity contribution in [1.29, 1.82) is 0 Å². The Bertz CT molecular complexity index is 541. The van der Waals surface area contributed by atoms with Gasteiger partial charge in [-0.15, -0.1) is 0 Å². The van der Waals surface area contributed by atoms with Gasteiger partial charge in [0.05, 0.1) is 20.6 Å². The van der Waals surface area contributed by atoms with Gasteiger partial charge in [-0.25, -0.2) is 0 Å². The molecule has 0 heterocycles. The lowest BCUT2D eigenvalue weighted by Gasteiger charge is -2.30. The lowest BCUT2D eigenvalue weighted by molar-refractivity contribution is -0.903. The van der Waals surface area contributed by atoms with Gasteiger partial charge < -0.3 is 9.80 Å². The first-order valence-electron chi connectivity index (χ1n) is 13.2. The summed E-state index contributed by atoms with van der Waals surface area (Å²) in [6.45, 7) is 5.19. The zero-order valence-corrected chi connectivity index (χ0v) is 21.0. The number of amides is 1. The zero-order chi connectivity index (χ0) is 22.6. The van der Waals surface area contributed by atoms with Crippen LogP contribution in [0.1, 0.15) is 109 Å². The van der Waals surface area contributed by atoms with Crippen LogP contribution in [0.3, 0.4) is 0 Å². The van der Waals surface area contributed by atoms with Crippen LogP contribution in [0.15, 0.2) is 30.3 Å². The maximum atomic E-state index is 12.0. The molecule has 0 bridgehead atoms. The van der Waals surface area contributed by atoms with Crippen molar-refractivity contribution in [2.75, 3.05) is 27.2 Å². The molecule has 0 spiro atoms. The van der Waals surface area contributed by atoms with Crippen molar-refractivity contribution in [3.8, 4) is 0 Å². The Morgan fingerprint density at radius 2 is 1.26 bits per heavy atom. The average Bonchev–Trinajstić information content (AvgIpc) is 2.75. The number of quaternary nitrogens is 1. The molecule has 3 nitrogen and oxygen atoms in total. The first-order chi connectivity index (χ1) is 15.0. The maximum Gasteiger partial charge on any atom is 0.219 e. The molecule has 0 aliphatic carbocycles. The van der Waals surface area contributed by atoms with Gasteiger partial charge in [0.2, 0.25) is 5.91 Å². The fourth-order valence-electron chi connectivity index (χ4n) is 4.28. The summed E-state index contributed by atoms with van der Waals surface area (Å²) in [5.74, 6) is 0.233. The van der Waals surface area contributed by atoms with Gasteiger partial charge in [-0.3, -0.25) is 4.79 Å². The van der Waals surface area contributed by atoms with Crippen molar-refractivity contribution < 1.29 is 9.28 Å². The third-order valence-corrected chi connectivity index (χ3v) is 6.22. The highest BCUT2D eigenvalue weighted by atomic mass is 16.1. The molecule has 178 valence electrons. The third kappa shape index (κ3) is 16.9.